The molecule has 0 aliphatic rings. The Kier molecular flexibility index (Phi) is 29.8. The summed E-state index contributed by atoms with van der Waals surface area (Å²) in [4.78, 5) is 2.80. The SMILES string of the molecule is CCCCCCCCCCCCCCCCCCN(CCCCCCCCCCCCCCCC)Cc1c(C)cc(C)cc1C. The zero-order valence-electron chi connectivity index (χ0n) is 31.9. The topological polar surface area (TPSA) is 3.24 Å². The molecule has 0 saturated carbocycles. The van der Waals surface area contributed by atoms with Crippen LogP contribution in [0.25, 0.3) is 0 Å². The summed E-state index contributed by atoms with van der Waals surface area (Å²) in [5.41, 5.74) is 5.98. The van der Waals surface area contributed by atoms with Crippen LogP contribution in [-0.2, 0) is 6.54 Å². The Labute approximate surface area is 285 Å². The zero-order chi connectivity index (χ0) is 32.6. The third kappa shape index (κ3) is 25.9. The van der Waals surface area contributed by atoms with Gasteiger partial charge in [-0.3, -0.25) is 4.90 Å². The van der Waals surface area contributed by atoms with Gasteiger partial charge in [-0.25, -0.2) is 0 Å². The van der Waals surface area contributed by atoms with E-state index >= 15 is 0 Å². The van der Waals surface area contributed by atoms with E-state index in [0.717, 1.165) is 6.54 Å². The number of nitrogens with zero attached hydrogens (tertiary/aromatic N) is 1. The summed E-state index contributed by atoms with van der Waals surface area (Å²) >= 11 is 0. The average Bonchev–Trinajstić information content (AvgIpc) is 3.02. The van der Waals surface area contributed by atoms with Crippen LogP contribution in [0.4, 0.5) is 0 Å². The molecule has 1 nitrogen and oxygen atoms in total. The van der Waals surface area contributed by atoms with Gasteiger partial charge in [0.1, 0.15) is 0 Å². The lowest BCUT2D eigenvalue weighted by Crippen LogP contribution is -2.26. The van der Waals surface area contributed by atoms with E-state index in [9.17, 15) is 0 Å². The molecule has 0 radical (unpaired) electrons. The van der Waals surface area contributed by atoms with E-state index in [1.807, 2.05) is 0 Å². The highest BCUT2D eigenvalue weighted by atomic mass is 15.1. The molecule has 1 aromatic carbocycles. The van der Waals surface area contributed by atoms with Crippen LogP contribution in [0, 0.1) is 20.8 Å². The minimum Gasteiger partial charge on any atom is -0.299 e. The molecule has 1 rings (SSSR count). The minimum absolute atomic E-state index is 1.15. The summed E-state index contributed by atoms with van der Waals surface area (Å²) in [5, 5.41) is 0. The second-order valence-corrected chi connectivity index (χ2v) is 15.1. The Morgan fingerprint density at radius 2 is 0.600 bits per heavy atom. The normalized spacial score (nSPS) is 11.7. The second kappa shape index (κ2) is 31.8. The third-order valence-electron chi connectivity index (χ3n) is 10.4. The first-order valence-corrected chi connectivity index (χ1v) is 20.9. The maximum Gasteiger partial charge on any atom is 0.0238 e. The van der Waals surface area contributed by atoms with E-state index in [0.29, 0.717) is 0 Å². The second-order valence-electron chi connectivity index (χ2n) is 15.1. The largest absolute Gasteiger partial charge is 0.299 e. The number of aryl methyl sites for hydroxylation is 3. The lowest BCUT2D eigenvalue weighted by atomic mass is 9.99. The van der Waals surface area contributed by atoms with Crippen molar-refractivity contribution in [1.82, 2.24) is 4.90 Å². The number of rotatable bonds is 34. The minimum atomic E-state index is 1.15. The van der Waals surface area contributed by atoms with Gasteiger partial charge in [-0.15, -0.1) is 0 Å². The van der Waals surface area contributed by atoms with Gasteiger partial charge in [-0.05, 0) is 63.4 Å². The van der Waals surface area contributed by atoms with E-state index in [1.165, 1.54) is 222 Å². The van der Waals surface area contributed by atoms with E-state index in [4.69, 9.17) is 0 Å². The van der Waals surface area contributed by atoms with Gasteiger partial charge >= 0.3 is 0 Å². The molecule has 0 saturated heterocycles. The van der Waals surface area contributed by atoms with Crippen molar-refractivity contribution in [3.63, 3.8) is 0 Å². The number of hydrogen-bond donors (Lipinski definition) is 0. The summed E-state index contributed by atoms with van der Waals surface area (Å²) in [5.74, 6) is 0. The quantitative estimate of drug-likeness (QED) is 0.0689. The fourth-order valence-corrected chi connectivity index (χ4v) is 7.37. The van der Waals surface area contributed by atoms with Crippen LogP contribution in [0.2, 0.25) is 0 Å². The van der Waals surface area contributed by atoms with Gasteiger partial charge in [0, 0.05) is 6.54 Å². The first-order valence-electron chi connectivity index (χ1n) is 20.9. The lowest BCUT2D eigenvalue weighted by molar-refractivity contribution is 0.251. The van der Waals surface area contributed by atoms with Crippen molar-refractivity contribution in [2.45, 2.75) is 234 Å². The lowest BCUT2D eigenvalue weighted by Gasteiger charge is -2.25. The molecule has 0 aliphatic carbocycles. The Hall–Kier alpha value is -0.820. The van der Waals surface area contributed by atoms with Crippen molar-refractivity contribution in [3.8, 4) is 0 Å². The smallest absolute Gasteiger partial charge is 0.0238 e. The maximum absolute atomic E-state index is 2.80. The molecule has 0 fully saturated rings. The summed E-state index contributed by atoms with van der Waals surface area (Å²) in [7, 11) is 0. The van der Waals surface area contributed by atoms with Gasteiger partial charge < -0.3 is 0 Å². The molecule has 0 atom stereocenters. The van der Waals surface area contributed by atoms with Gasteiger partial charge in [-0.1, -0.05) is 211 Å². The third-order valence-corrected chi connectivity index (χ3v) is 10.4. The molecular weight excluding hydrogens is 542 g/mol. The molecule has 0 N–H and O–H groups in total. The molecule has 0 amide bonds. The van der Waals surface area contributed by atoms with E-state index in [-0.39, 0.29) is 0 Å². The molecular formula is C44H83N. The number of unbranched alkanes of at least 4 members (excludes halogenated alkanes) is 28. The Balaban J connectivity index is 2.16. The molecule has 264 valence electrons. The summed E-state index contributed by atoms with van der Waals surface area (Å²) < 4.78 is 0. The van der Waals surface area contributed by atoms with Crippen molar-refractivity contribution in [2.24, 2.45) is 0 Å². The Morgan fingerprint density at radius 3 is 0.867 bits per heavy atom. The van der Waals surface area contributed by atoms with Gasteiger partial charge in [0.15, 0.2) is 0 Å². The van der Waals surface area contributed by atoms with E-state index in [1.54, 1.807) is 5.56 Å². The predicted octanol–water partition coefficient (Wildman–Crippen LogP) is 15.2. The van der Waals surface area contributed by atoms with Crippen molar-refractivity contribution >= 4 is 0 Å². The first kappa shape index (κ1) is 42.2. The molecule has 0 bridgehead atoms. The molecule has 45 heavy (non-hydrogen) atoms. The van der Waals surface area contributed by atoms with Crippen LogP contribution in [0.15, 0.2) is 12.1 Å². The monoisotopic (exact) mass is 626 g/mol. The molecule has 0 unspecified atom stereocenters. The van der Waals surface area contributed by atoms with Crippen molar-refractivity contribution < 1.29 is 0 Å². The fraction of sp³-hybridized carbons (Fsp3) is 0.864. The van der Waals surface area contributed by atoms with Gasteiger partial charge in [0.25, 0.3) is 0 Å². The standard InChI is InChI=1S/C44H83N/c1-6-8-10-12-14-16-18-20-22-23-25-27-29-31-33-35-37-45(40-44-42(4)38-41(3)39-43(44)5)36-34-32-30-28-26-24-21-19-17-15-13-11-9-7-2/h38-39H,6-37,40H2,1-5H3. The summed E-state index contributed by atoms with van der Waals surface area (Å²) in [6.07, 6.45) is 43.4. The highest BCUT2D eigenvalue weighted by molar-refractivity contribution is 5.37. The maximum atomic E-state index is 2.80. The molecule has 0 aliphatic heterocycles. The number of hydrogen-bond acceptors (Lipinski definition) is 1. The van der Waals surface area contributed by atoms with E-state index < -0.39 is 0 Å². The predicted molar refractivity (Wildman–Crippen MR) is 206 cm³/mol. The van der Waals surface area contributed by atoms with Crippen LogP contribution >= 0.6 is 0 Å². The van der Waals surface area contributed by atoms with Crippen LogP contribution in [-0.4, -0.2) is 18.0 Å². The van der Waals surface area contributed by atoms with Crippen LogP contribution in [0.5, 0.6) is 0 Å². The molecule has 0 spiro atoms. The summed E-state index contributed by atoms with van der Waals surface area (Å²) in [6, 6.07) is 4.78. The highest BCUT2D eigenvalue weighted by Gasteiger charge is 2.11. The fourth-order valence-electron chi connectivity index (χ4n) is 7.37. The molecule has 1 aromatic rings. The average molecular weight is 626 g/mol. The van der Waals surface area contributed by atoms with Gasteiger partial charge in [0.05, 0.1) is 0 Å². The van der Waals surface area contributed by atoms with Crippen molar-refractivity contribution in [3.05, 3.63) is 34.4 Å². The Morgan fingerprint density at radius 1 is 0.356 bits per heavy atom. The number of benzene rings is 1. The van der Waals surface area contributed by atoms with E-state index in [2.05, 4.69) is 51.7 Å². The van der Waals surface area contributed by atoms with Crippen LogP contribution < -0.4 is 0 Å². The van der Waals surface area contributed by atoms with Gasteiger partial charge in [0.2, 0.25) is 0 Å². The van der Waals surface area contributed by atoms with Crippen LogP contribution in [0.1, 0.15) is 229 Å². The molecule has 0 aromatic heterocycles. The summed E-state index contributed by atoms with van der Waals surface area (Å²) in [6.45, 7) is 15.2. The van der Waals surface area contributed by atoms with Crippen LogP contribution in [0.3, 0.4) is 0 Å². The first-order chi connectivity index (χ1) is 22.1. The highest BCUT2D eigenvalue weighted by Crippen LogP contribution is 2.20. The molecule has 0 heterocycles. The van der Waals surface area contributed by atoms with Crippen molar-refractivity contribution in [2.75, 3.05) is 13.1 Å². The Bertz CT molecular complexity index is 728. The zero-order valence-corrected chi connectivity index (χ0v) is 31.9. The van der Waals surface area contributed by atoms with Gasteiger partial charge in [-0.2, -0.15) is 0 Å². The van der Waals surface area contributed by atoms with Crippen molar-refractivity contribution in [1.29, 1.82) is 0 Å². The molecule has 1 heteroatoms.